The van der Waals surface area contributed by atoms with Gasteiger partial charge in [-0.05, 0) is 13.3 Å². The summed E-state index contributed by atoms with van der Waals surface area (Å²) in [5.41, 5.74) is 0.882. The number of rotatable bonds is 2. The summed E-state index contributed by atoms with van der Waals surface area (Å²) in [4.78, 5) is 0. The predicted octanol–water partition coefficient (Wildman–Crippen LogP) is 2.73. The smallest absolute Gasteiger partial charge is 0.481 e. The second kappa shape index (κ2) is 13.4. The molecule has 3 heteroatoms. The third-order valence-electron chi connectivity index (χ3n) is 1.09. The minimum Gasteiger partial charge on any atom is -0.481 e. The Labute approximate surface area is 109 Å². The molecular formula is C8H18O2Yb. The number of hydrogen-bond donors (Lipinski definition) is 1. The van der Waals surface area contributed by atoms with Crippen LogP contribution in [0.25, 0.3) is 0 Å². The van der Waals surface area contributed by atoms with Gasteiger partial charge < -0.3 is 24.7 Å². The van der Waals surface area contributed by atoms with Gasteiger partial charge in [0.2, 0.25) is 0 Å². The van der Waals surface area contributed by atoms with Crippen molar-refractivity contribution in [1.82, 2.24) is 0 Å². The van der Waals surface area contributed by atoms with Crippen LogP contribution in [0.1, 0.15) is 20.3 Å². The first-order valence-corrected chi connectivity index (χ1v) is 2.65. The summed E-state index contributed by atoms with van der Waals surface area (Å²) in [5.74, 6) is 0.0486. The van der Waals surface area contributed by atoms with Crippen molar-refractivity contribution in [3.63, 3.8) is 0 Å². The molecule has 0 amide bonds. The maximum absolute atomic E-state index is 8.78. The van der Waals surface area contributed by atoms with Crippen molar-refractivity contribution >= 4 is 0 Å². The van der Waals surface area contributed by atoms with E-state index in [4.69, 9.17) is 5.11 Å². The van der Waals surface area contributed by atoms with Gasteiger partial charge in [0.15, 0.2) is 0 Å². The third kappa shape index (κ3) is 10.9. The summed E-state index contributed by atoms with van der Waals surface area (Å²) in [7, 11) is 1.45. The number of ether oxygens (including phenoxy) is 1. The standard InChI is InChI=1S/C6H12O2.2CH3.Yb/c1-4-5(2)6(7)8-3;;;/h7H,4H2,1-3H3;2*1H3;/q;2*-1;+2/b6-5-;;;. The predicted molar refractivity (Wildman–Crippen MR) is 45.5 cm³/mol. The van der Waals surface area contributed by atoms with Crippen molar-refractivity contribution in [2.24, 2.45) is 0 Å². The Morgan fingerprint density at radius 3 is 1.82 bits per heavy atom. The van der Waals surface area contributed by atoms with E-state index in [1.165, 1.54) is 7.11 Å². The number of allylic oxidation sites excluding steroid dienone is 1. The van der Waals surface area contributed by atoms with Crippen molar-refractivity contribution in [2.45, 2.75) is 20.3 Å². The molecule has 76 valence electrons. The Bertz CT molecular complexity index is 88.3. The first-order valence-electron chi connectivity index (χ1n) is 2.65. The van der Waals surface area contributed by atoms with E-state index in [1.807, 2.05) is 13.8 Å². The summed E-state index contributed by atoms with van der Waals surface area (Å²) < 4.78 is 4.54. The van der Waals surface area contributed by atoms with Gasteiger partial charge in [-0.25, -0.2) is 0 Å². The van der Waals surface area contributed by atoms with Crippen LogP contribution in [0.5, 0.6) is 0 Å². The quantitative estimate of drug-likeness (QED) is 0.626. The molecule has 0 rings (SSSR count). The molecule has 0 fully saturated rings. The van der Waals surface area contributed by atoms with Gasteiger partial charge in [0.05, 0.1) is 7.11 Å². The van der Waals surface area contributed by atoms with Crippen LogP contribution in [-0.4, -0.2) is 12.2 Å². The molecule has 0 aliphatic heterocycles. The van der Waals surface area contributed by atoms with E-state index in [2.05, 4.69) is 4.74 Å². The largest absolute Gasteiger partial charge is 2.00 e. The maximum Gasteiger partial charge on any atom is 2.00 e. The van der Waals surface area contributed by atoms with Crippen LogP contribution in [0.15, 0.2) is 11.5 Å². The third-order valence-corrected chi connectivity index (χ3v) is 1.09. The molecule has 0 aliphatic rings. The van der Waals surface area contributed by atoms with E-state index in [9.17, 15) is 0 Å². The fourth-order valence-corrected chi connectivity index (χ4v) is 0.325. The van der Waals surface area contributed by atoms with E-state index >= 15 is 0 Å². The zero-order chi connectivity index (χ0) is 6.57. The molecule has 0 spiro atoms. The molecule has 0 bridgehead atoms. The van der Waals surface area contributed by atoms with Gasteiger partial charge in [-0.3, -0.25) is 0 Å². The van der Waals surface area contributed by atoms with E-state index in [0.29, 0.717) is 0 Å². The van der Waals surface area contributed by atoms with Gasteiger partial charge in [-0.2, -0.15) is 0 Å². The maximum atomic E-state index is 8.78. The molecule has 0 saturated heterocycles. The van der Waals surface area contributed by atoms with Crippen LogP contribution in [0, 0.1) is 61.8 Å². The minimum absolute atomic E-state index is 0. The molecule has 0 unspecified atom stereocenters. The number of aliphatic hydroxyl groups is 1. The van der Waals surface area contributed by atoms with Crippen molar-refractivity contribution in [3.8, 4) is 0 Å². The number of methoxy groups -OCH3 is 1. The minimum atomic E-state index is 0. The summed E-state index contributed by atoms with van der Waals surface area (Å²) >= 11 is 0. The normalized spacial score (nSPS) is 9.36. The SMILES string of the molecule is CC/C(C)=C(/O)OC.[CH3-].[CH3-].[Yb+2]. The van der Waals surface area contributed by atoms with E-state index in [0.717, 1.165) is 12.0 Å². The number of hydrogen-bond acceptors (Lipinski definition) is 2. The second-order valence-corrected chi connectivity index (χ2v) is 1.64. The summed E-state index contributed by atoms with van der Waals surface area (Å²) in [6, 6.07) is 0. The fraction of sp³-hybridized carbons (Fsp3) is 0.500. The van der Waals surface area contributed by atoms with Crippen LogP contribution in [-0.2, 0) is 4.74 Å². The molecule has 2 nitrogen and oxygen atoms in total. The Kier molecular flexibility index (Phi) is 27.7. The first kappa shape index (κ1) is 22.6. The molecule has 11 heavy (non-hydrogen) atoms. The average Bonchev–Trinajstić information content (AvgIpc) is 1.84. The van der Waals surface area contributed by atoms with Gasteiger partial charge in [-0.1, -0.05) is 6.92 Å². The van der Waals surface area contributed by atoms with Gasteiger partial charge in [0, 0.05) is 5.57 Å². The monoisotopic (exact) mass is 320 g/mol. The first-order chi connectivity index (χ1) is 3.72. The van der Waals surface area contributed by atoms with Crippen molar-refractivity contribution in [3.05, 3.63) is 26.4 Å². The molecule has 0 heterocycles. The summed E-state index contributed by atoms with van der Waals surface area (Å²) in [5, 5.41) is 8.78. The average molecular weight is 319 g/mol. The fourth-order valence-electron chi connectivity index (χ4n) is 0.325. The molecule has 0 aliphatic carbocycles. The van der Waals surface area contributed by atoms with E-state index in [1.54, 1.807) is 0 Å². The van der Waals surface area contributed by atoms with Gasteiger partial charge in [0.1, 0.15) is 0 Å². The molecule has 0 aromatic carbocycles. The van der Waals surface area contributed by atoms with Crippen LogP contribution < -0.4 is 0 Å². The molecule has 0 saturated carbocycles. The van der Waals surface area contributed by atoms with E-state index in [-0.39, 0.29) is 67.7 Å². The Morgan fingerprint density at radius 1 is 1.36 bits per heavy atom. The number of aliphatic hydroxyl groups excluding tert-OH is 1. The van der Waals surface area contributed by atoms with Gasteiger partial charge >= 0.3 is 46.9 Å². The zero-order valence-corrected chi connectivity index (χ0v) is 9.54. The van der Waals surface area contributed by atoms with Crippen molar-refractivity contribution in [2.75, 3.05) is 7.11 Å². The molecular weight excluding hydrogens is 301 g/mol. The molecule has 0 radical (unpaired) electrons. The zero-order valence-electron chi connectivity index (χ0n) is 7.83. The Balaban J connectivity index is -0.0000000817. The Morgan fingerprint density at radius 2 is 1.73 bits per heavy atom. The van der Waals surface area contributed by atoms with Crippen LogP contribution in [0.4, 0.5) is 0 Å². The van der Waals surface area contributed by atoms with Crippen LogP contribution in [0.3, 0.4) is 0 Å². The van der Waals surface area contributed by atoms with Crippen LogP contribution in [0.2, 0.25) is 0 Å². The molecule has 0 aromatic heterocycles. The van der Waals surface area contributed by atoms with Gasteiger partial charge in [0.25, 0.3) is 5.95 Å². The van der Waals surface area contributed by atoms with Crippen LogP contribution >= 0.6 is 0 Å². The Hall–Kier alpha value is 0.859. The van der Waals surface area contributed by atoms with E-state index < -0.39 is 0 Å². The van der Waals surface area contributed by atoms with Crippen molar-refractivity contribution < 1.29 is 56.8 Å². The second-order valence-electron chi connectivity index (χ2n) is 1.64. The molecule has 0 atom stereocenters. The molecule has 1 N–H and O–H groups in total. The summed E-state index contributed by atoms with van der Waals surface area (Å²) in [6.45, 7) is 3.80. The molecule has 0 aromatic rings. The van der Waals surface area contributed by atoms with Gasteiger partial charge in [-0.15, -0.1) is 0 Å². The van der Waals surface area contributed by atoms with Crippen molar-refractivity contribution in [1.29, 1.82) is 0 Å². The topological polar surface area (TPSA) is 29.5 Å². The summed E-state index contributed by atoms with van der Waals surface area (Å²) in [6.07, 6.45) is 0.833.